The molecule has 3 aromatic rings. The summed E-state index contributed by atoms with van der Waals surface area (Å²) in [5.74, 6) is 0.150. The van der Waals surface area contributed by atoms with E-state index < -0.39 is 15.8 Å². The van der Waals surface area contributed by atoms with Gasteiger partial charge in [0, 0.05) is 30.0 Å². The number of hydrogen-bond acceptors (Lipinski definition) is 4. The second-order valence-corrected chi connectivity index (χ2v) is 9.77. The Labute approximate surface area is 198 Å². The molecule has 34 heavy (non-hydrogen) atoms. The number of carbonyl (C=O) groups excluding carboxylic acids is 1. The second-order valence-electron chi connectivity index (χ2n) is 8.08. The summed E-state index contributed by atoms with van der Waals surface area (Å²) in [6.07, 6.45) is 0.800. The molecule has 7 nitrogen and oxygen atoms in total. The standard InChI is InChI=1S/C25H26FN3O4S/c1-18-8-13-22(16-23(18)26)34(31,32)27-20-9-11-21(12-10-20)29-15-5-14-28(25(29)30)17-19-6-3-4-7-24(19)33-2/h3-4,6-13,16,27H,5,14-15,17H2,1-2H3. The van der Waals surface area contributed by atoms with Gasteiger partial charge in [0.1, 0.15) is 11.6 Å². The molecule has 0 aliphatic carbocycles. The monoisotopic (exact) mass is 483 g/mol. The van der Waals surface area contributed by atoms with Gasteiger partial charge in [-0.2, -0.15) is 0 Å². The predicted octanol–water partition coefficient (Wildman–Crippen LogP) is 4.78. The molecule has 0 aromatic heterocycles. The van der Waals surface area contributed by atoms with Crippen LogP contribution in [0, 0.1) is 12.7 Å². The van der Waals surface area contributed by atoms with Crippen molar-refractivity contribution in [3.05, 3.63) is 83.7 Å². The summed E-state index contributed by atoms with van der Waals surface area (Å²) in [6.45, 7) is 3.20. The molecule has 1 heterocycles. The largest absolute Gasteiger partial charge is 0.496 e. The van der Waals surface area contributed by atoms with Crippen LogP contribution in [0.1, 0.15) is 17.5 Å². The zero-order chi connectivity index (χ0) is 24.3. The van der Waals surface area contributed by atoms with Crippen LogP contribution in [0.4, 0.5) is 20.6 Å². The van der Waals surface area contributed by atoms with Gasteiger partial charge in [0.25, 0.3) is 10.0 Å². The average Bonchev–Trinajstić information content (AvgIpc) is 2.83. The summed E-state index contributed by atoms with van der Waals surface area (Å²) in [5, 5.41) is 0. The Morgan fingerprint density at radius 3 is 2.47 bits per heavy atom. The zero-order valence-corrected chi connectivity index (χ0v) is 19.8. The summed E-state index contributed by atoms with van der Waals surface area (Å²) in [5.41, 5.74) is 2.28. The van der Waals surface area contributed by atoms with E-state index in [9.17, 15) is 17.6 Å². The second kappa shape index (κ2) is 9.72. The van der Waals surface area contributed by atoms with Crippen LogP contribution in [0.15, 0.2) is 71.6 Å². The maximum atomic E-state index is 13.8. The molecule has 3 aromatic carbocycles. The lowest BCUT2D eigenvalue weighted by Gasteiger charge is -2.36. The number of hydrogen-bond donors (Lipinski definition) is 1. The average molecular weight is 484 g/mol. The number of nitrogens with one attached hydrogen (secondary N) is 1. The molecule has 1 N–H and O–H groups in total. The minimum Gasteiger partial charge on any atom is -0.496 e. The molecule has 1 saturated heterocycles. The van der Waals surface area contributed by atoms with Crippen LogP contribution >= 0.6 is 0 Å². The normalized spacial score (nSPS) is 14.3. The van der Waals surface area contributed by atoms with Gasteiger partial charge in [-0.1, -0.05) is 24.3 Å². The highest BCUT2D eigenvalue weighted by Gasteiger charge is 2.27. The maximum absolute atomic E-state index is 13.8. The molecular weight excluding hydrogens is 457 g/mol. The van der Waals surface area contributed by atoms with Crippen molar-refractivity contribution in [2.24, 2.45) is 0 Å². The number of nitrogens with zero attached hydrogens (tertiary/aromatic N) is 2. The highest BCUT2D eigenvalue weighted by Crippen LogP contribution is 2.26. The number of amides is 2. The van der Waals surface area contributed by atoms with Gasteiger partial charge in [-0.15, -0.1) is 0 Å². The summed E-state index contributed by atoms with van der Waals surface area (Å²) in [4.78, 5) is 16.4. The number of aryl methyl sites for hydroxylation is 1. The number of benzene rings is 3. The molecule has 9 heteroatoms. The van der Waals surface area contributed by atoms with E-state index in [1.807, 2.05) is 24.3 Å². The van der Waals surface area contributed by atoms with Gasteiger partial charge in [-0.05, 0) is 61.4 Å². The zero-order valence-electron chi connectivity index (χ0n) is 19.0. The Morgan fingerprint density at radius 1 is 1.03 bits per heavy atom. The fraction of sp³-hybridized carbons (Fsp3) is 0.240. The Morgan fingerprint density at radius 2 is 1.76 bits per heavy atom. The van der Waals surface area contributed by atoms with Gasteiger partial charge in [0.2, 0.25) is 0 Å². The van der Waals surface area contributed by atoms with Crippen LogP contribution in [0.2, 0.25) is 0 Å². The first-order chi connectivity index (χ1) is 16.3. The molecule has 0 atom stereocenters. The van der Waals surface area contributed by atoms with Crippen molar-refractivity contribution in [3.8, 4) is 5.75 Å². The van der Waals surface area contributed by atoms with Crippen molar-refractivity contribution in [2.75, 3.05) is 29.8 Å². The minimum atomic E-state index is -3.94. The number of rotatable bonds is 7. The Bertz CT molecular complexity index is 1300. The molecule has 1 aliphatic rings. The van der Waals surface area contributed by atoms with E-state index in [1.54, 1.807) is 48.1 Å². The van der Waals surface area contributed by atoms with E-state index in [0.717, 1.165) is 23.8 Å². The molecule has 178 valence electrons. The van der Waals surface area contributed by atoms with Crippen LogP contribution in [-0.2, 0) is 16.6 Å². The molecule has 0 unspecified atom stereocenters. The maximum Gasteiger partial charge on any atom is 0.324 e. The van der Waals surface area contributed by atoms with E-state index >= 15 is 0 Å². The third-order valence-electron chi connectivity index (χ3n) is 5.75. The third-order valence-corrected chi connectivity index (χ3v) is 7.13. The lowest BCUT2D eigenvalue weighted by molar-refractivity contribution is 0.192. The van der Waals surface area contributed by atoms with E-state index in [0.29, 0.717) is 36.6 Å². The lowest BCUT2D eigenvalue weighted by Crippen LogP contribution is -2.49. The van der Waals surface area contributed by atoms with E-state index in [4.69, 9.17) is 4.74 Å². The molecule has 1 fully saturated rings. The summed E-state index contributed by atoms with van der Waals surface area (Å²) < 4.78 is 46.9. The highest BCUT2D eigenvalue weighted by molar-refractivity contribution is 7.92. The van der Waals surface area contributed by atoms with Gasteiger partial charge >= 0.3 is 6.03 Å². The Kier molecular flexibility index (Phi) is 6.74. The summed E-state index contributed by atoms with van der Waals surface area (Å²) in [7, 11) is -2.34. The number of carbonyl (C=O) groups is 1. The number of para-hydroxylation sites is 1. The van der Waals surface area contributed by atoms with Gasteiger partial charge < -0.3 is 9.64 Å². The predicted molar refractivity (Wildman–Crippen MR) is 129 cm³/mol. The summed E-state index contributed by atoms with van der Waals surface area (Å²) in [6, 6.07) is 17.8. The summed E-state index contributed by atoms with van der Waals surface area (Å²) >= 11 is 0. The first-order valence-electron chi connectivity index (χ1n) is 10.9. The van der Waals surface area contributed by atoms with E-state index in [2.05, 4.69) is 4.72 Å². The molecule has 2 amide bonds. The van der Waals surface area contributed by atoms with Gasteiger partial charge in [-0.3, -0.25) is 9.62 Å². The van der Waals surface area contributed by atoms with Gasteiger partial charge in [0.05, 0.1) is 18.6 Å². The van der Waals surface area contributed by atoms with Crippen LogP contribution in [0.25, 0.3) is 0 Å². The van der Waals surface area contributed by atoms with Crippen molar-refractivity contribution in [1.29, 1.82) is 0 Å². The van der Waals surface area contributed by atoms with Crippen molar-refractivity contribution >= 4 is 27.4 Å². The molecule has 1 aliphatic heterocycles. The molecular formula is C25H26FN3O4S. The number of methoxy groups -OCH3 is 1. The molecule has 0 bridgehead atoms. The number of halogens is 1. The quantitative estimate of drug-likeness (QED) is 0.525. The minimum absolute atomic E-state index is 0.124. The molecule has 0 spiro atoms. The van der Waals surface area contributed by atoms with Crippen molar-refractivity contribution in [1.82, 2.24) is 4.90 Å². The SMILES string of the molecule is COc1ccccc1CN1CCCN(c2ccc(NS(=O)(=O)c3ccc(C)c(F)c3)cc2)C1=O. The van der Waals surface area contributed by atoms with Crippen LogP contribution in [0.3, 0.4) is 0 Å². The Hall–Kier alpha value is -3.59. The van der Waals surface area contributed by atoms with Crippen LogP contribution < -0.4 is 14.4 Å². The number of urea groups is 1. The van der Waals surface area contributed by atoms with Crippen molar-refractivity contribution in [3.63, 3.8) is 0 Å². The lowest BCUT2D eigenvalue weighted by atomic mass is 10.1. The Balaban J connectivity index is 1.47. The van der Waals surface area contributed by atoms with Crippen molar-refractivity contribution < 1.29 is 22.3 Å². The van der Waals surface area contributed by atoms with Crippen molar-refractivity contribution in [2.45, 2.75) is 24.8 Å². The number of anilines is 2. The third kappa shape index (κ3) is 4.99. The smallest absolute Gasteiger partial charge is 0.324 e. The van der Waals surface area contributed by atoms with Crippen LogP contribution in [-0.4, -0.2) is 39.5 Å². The molecule has 0 saturated carbocycles. The molecule has 0 radical (unpaired) electrons. The van der Waals surface area contributed by atoms with E-state index in [1.165, 1.54) is 12.1 Å². The first kappa shape index (κ1) is 23.6. The van der Waals surface area contributed by atoms with E-state index in [-0.39, 0.29) is 10.9 Å². The fourth-order valence-electron chi connectivity index (χ4n) is 3.87. The van der Waals surface area contributed by atoms with Gasteiger partial charge in [-0.25, -0.2) is 17.6 Å². The number of sulfonamides is 1. The number of ether oxygens (including phenoxy) is 1. The first-order valence-corrected chi connectivity index (χ1v) is 12.3. The highest BCUT2D eigenvalue weighted by atomic mass is 32.2. The van der Waals surface area contributed by atoms with Gasteiger partial charge in [0.15, 0.2) is 0 Å². The topological polar surface area (TPSA) is 79.0 Å². The fourth-order valence-corrected chi connectivity index (χ4v) is 4.94. The van der Waals surface area contributed by atoms with Crippen LogP contribution in [0.5, 0.6) is 5.75 Å². The molecule has 4 rings (SSSR count).